The third-order valence-electron chi connectivity index (χ3n) is 3.01. The third kappa shape index (κ3) is 3.41. The number of carbonyl (C=O) groups excluding carboxylic acids is 1. The molecular formula is C15H16FNOS2. The summed E-state index contributed by atoms with van der Waals surface area (Å²) in [6.07, 6.45) is 0. The van der Waals surface area contributed by atoms with Gasteiger partial charge in [0.1, 0.15) is 5.82 Å². The van der Waals surface area contributed by atoms with Crippen molar-refractivity contribution in [3.8, 4) is 0 Å². The quantitative estimate of drug-likeness (QED) is 0.810. The van der Waals surface area contributed by atoms with E-state index in [0.29, 0.717) is 5.56 Å². The van der Waals surface area contributed by atoms with Crippen LogP contribution in [0.4, 0.5) is 4.39 Å². The van der Waals surface area contributed by atoms with Gasteiger partial charge in [0.25, 0.3) is 5.91 Å². The summed E-state index contributed by atoms with van der Waals surface area (Å²) in [7, 11) is 0. The normalized spacial score (nSPS) is 12.4. The minimum Gasteiger partial charge on any atom is -0.344 e. The van der Waals surface area contributed by atoms with E-state index in [-0.39, 0.29) is 22.8 Å². The number of halogens is 1. The average Bonchev–Trinajstić information content (AvgIpc) is 2.92. The summed E-state index contributed by atoms with van der Waals surface area (Å²) in [5.74, 6) is -0.371. The number of thiophene rings is 1. The maximum Gasteiger partial charge on any atom is 0.251 e. The second kappa shape index (κ2) is 6.41. The molecule has 0 spiro atoms. The van der Waals surface area contributed by atoms with Crippen molar-refractivity contribution in [2.45, 2.75) is 24.8 Å². The van der Waals surface area contributed by atoms with Crippen LogP contribution in [-0.4, -0.2) is 5.91 Å². The monoisotopic (exact) mass is 309 g/mol. The van der Waals surface area contributed by atoms with Gasteiger partial charge < -0.3 is 5.32 Å². The first-order chi connectivity index (χ1) is 9.49. The fourth-order valence-electron chi connectivity index (χ4n) is 1.91. The highest BCUT2D eigenvalue weighted by Gasteiger charge is 2.20. The van der Waals surface area contributed by atoms with Crippen molar-refractivity contribution in [2.24, 2.45) is 5.92 Å². The van der Waals surface area contributed by atoms with E-state index in [0.717, 1.165) is 4.88 Å². The van der Waals surface area contributed by atoms with Crippen LogP contribution >= 0.6 is 24.0 Å². The topological polar surface area (TPSA) is 29.1 Å². The SMILES string of the molecule is CC(C)C(NC(=O)c1ccc(F)c(S)c1)c1cccs1. The second-order valence-electron chi connectivity index (χ2n) is 4.88. The lowest BCUT2D eigenvalue weighted by atomic mass is 10.0. The van der Waals surface area contributed by atoms with Crippen molar-refractivity contribution in [2.75, 3.05) is 0 Å². The van der Waals surface area contributed by atoms with E-state index in [4.69, 9.17) is 0 Å². The van der Waals surface area contributed by atoms with E-state index in [1.807, 2.05) is 17.5 Å². The summed E-state index contributed by atoms with van der Waals surface area (Å²) < 4.78 is 13.2. The van der Waals surface area contributed by atoms with Gasteiger partial charge in [-0.3, -0.25) is 4.79 Å². The summed E-state index contributed by atoms with van der Waals surface area (Å²) in [5, 5.41) is 4.98. The van der Waals surface area contributed by atoms with Gasteiger partial charge in [-0.2, -0.15) is 0 Å². The standard InChI is InChI=1S/C15H16FNOS2/c1-9(2)14(13-4-3-7-20-13)17-15(18)10-5-6-11(16)12(19)8-10/h3-9,14,19H,1-2H3,(H,17,18). The Kier molecular flexibility index (Phi) is 4.83. The fourth-order valence-corrected chi connectivity index (χ4v) is 3.08. The third-order valence-corrected chi connectivity index (χ3v) is 4.31. The Morgan fingerprint density at radius 3 is 2.65 bits per heavy atom. The zero-order valence-electron chi connectivity index (χ0n) is 11.3. The lowest BCUT2D eigenvalue weighted by molar-refractivity contribution is 0.0926. The molecule has 1 aromatic heterocycles. The van der Waals surface area contributed by atoms with E-state index in [2.05, 4.69) is 31.8 Å². The van der Waals surface area contributed by atoms with Gasteiger partial charge >= 0.3 is 0 Å². The Morgan fingerprint density at radius 2 is 2.10 bits per heavy atom. The van der Waals surface area contributed by atoms with E-state index in [1.54, 1.807) is 11.3 Å². The second-order valence-corrected chi connectivity index (χ2v) is 6.34. The van der Waals surface area contributed by atoms with Gasteiger partial charge in [-0.05, 0) is 35.6 Å². The molecule has 0 fully saturated rings. The van der Waals surface area contributed by atoms with Crippen LogP contribution in [0.15, 0.2) is 40.6 Å². The molecular weight excluding hydrogens is 293 g/mol. The molecule has 20 heavy (non-hydrogen) atoms. The molecule has 2 rings (SSSR count). The number of thiol groups is 1. The summed E-state index contributed by atoms with van der Waals surface area (Å²) in [6.45, 7) is 4.11. The van der Waals surface area contributed by atoms with Crippen LogP contribution in [0.25, 0.3) is 0 Å². The molecule has 1 atom stereocenters. The molecule has 2 nitrogen and oxygen atoms in total. The van der Waals surface area contributed by atoms with Gasteiger partial charge in [-0.15, -0.1) is 24.0 Å². The summed E-state index contributed by atoms with van der Waals surface area (Å²) in [5.41, 5.74) is 0.415. The minimum atomic E-state index is -0.427. The number of hydrogen-bond acceptors (Lipinski definition) is 3. The number of hydrogen-bond donors (Lipinski definition) is 2. The van der Waals surface area contributed by atoms with E-state index < -0.39 is 5.82 Å². The van der Waals surface area contributed by atoms with Gasteiger partial charge in [0, 0.05) is 15.3 Å². The summed E-state index contributed by atoms with van der Waals surface area (Å²) >= 11 is 5.61. The van der Waals surface area contributed by atoms with Crippen molar-refractivity contribution in [3.63, 3.8) is 0 Å². The van der Waals surface area contributed by atoms with Crippen LogP contribution in [0.2, 0.25) is 0 Å². The Balaban J connectivity index is 2.18. The molecule has 0 bridgehead atoms. The lowest BCUT2D eigenvalue weighted by Gasteiger charge is -2.21. The predicted molar refractivity (Wildman–Crippen MR) is 83.0 cm³/mol. The maximum absolute atomic E-state index is 13.2. The molecule has 0 saturated heterocycles. The molecule has 1 N–H and O–H groups in total. The van der Waals surface area contributed by atoms with Crippen molar-refractivity contribution >= 4 is 29.9 Å². The van der Waals surface area contributed by atoms with Crippen LogP contribution in [0.3, 0.4) is 0 Å². The molecule has 1 heterocycles. The molecule has 1 unspecified atom stereocenters. The zero-order valence-corrected chi connectivity index (χ0v) is 13.0. The van der Waals surface area contributed by atoms with Crippen molar-refractivity contribution in [1.29, 1.82) is 0 Å². The molecule has 0 radical (unpaired) electrons. The van der Waals surface area contributed by atoms with Crippen LogP contribution < -0.4 is 5.32 Å². The largest absolute Gasteiger partial charge is 0.344 e. The zero-order chi connectivity index (χ0) is 14.7. The first kappa shape index (κ1) is 15.1. The van der Waals surface area contributed by atoms with Crippen molar-refractivity contribution in [1.82, 2.24) is 5.32 Å². The number of rotatable bonds is 4. The molecule has 1 aromatic carbocycles. The predicted octanol–water partition coefficient (Wildman–Crippen LogP) is 4.30. The number of amides is 1. The van der Waals surface area contributed by atoms with Gasteiger partial charge in [0.15, 0.2) is 0 Å². The van der Waals surface area contributed by atoms with Crippen LogP contribution in [0.1, 0.15) is 35.1 Å². The number of benzene rings is 1. The van der Waals surface area contributed by atoms with Gasteiger partial charge in [-0.25, -0.2) is 4.39 Å². The first-order valence-electron chi connectivity index (χ1n) is 6.32. The van der Waals surface area contributed by atoms with Gasteiger partial charge in [0.2, 0.25) is 0 Å². The molecule has 0 saturated carbocycles. The number of carbonyl (C=O) groups is 1. The van der Waals surface area contributed by atoms with Crippen LogP contribution in [0.5, 0.6) is 0 Å². The van der Waals surface area contributed by atoms with Crippen molar-refractivity contribution in [3.05, 3.63) is 52.0 Å². The highest BCUT2D eigenvalue weighted by molar-refractivity contribution is 7.80. The molecule has 0 aliphatic carbocycles. The Hall–Kier alpha value is -1.33. The van der Waals surface area contributed by atoms with E-state index >= 15 is 0 Å². The molecule has 0 aliphatic heterocycles. The highest BCUT2D eigenvalue weighted by Crippen LogP contribution is 2.26. The number of nitrogens with one attached hydrogen (secondary N) is 1. The summed E-state index contributed by atoms with van der Waals surface area (Å²) in [4.78, 5) is 13.5. The Morgan fingerprint density at radius 1 is 1.35 bits per heavy atom. The van der Waals surface area contributed by atoms with Crippen molar-refractivity contribution < 1.29 is 9.18 Å². The fraction of sp³-hybridized carbons (Fsp3) is 0.267. The molecule has 0 aliphatic rings. The molecule has 1 amide bonds. The highest BCUT2D eigenvalue weighted by atomic mass is 32.1. The van der Waals surface area contributed by atoms with Crippen LogP contribution in [0, 0.1) is 11.7 Å². The average molecular weight is 309 g/mol. The Bertz CT molecular complexity index is 596. The first-order valence-corrected chi connectivity index (χ1v) is 7.64. The van der Waals surface area contributed by atoms with Gasteiger partial charge in [-0.1, -0.05) is 19.9 Å². The smallest absolute Gasteiger partial charge is 0.251 e. The van der Waals surface area contributed by atoms with Gasteiger partial charge in [0.05, 0.1) is 6.04 Å². The maximum atomic E-state index is 13.2. The van der Waals surface area contributed by atoms with Crippen LogP contribution in [-0.2, 0) is 0 Å². The Labute approximate surface area is 127 Å². The molecule has 5 heteroatoms. The van der Waals surface area contributed by atoms with E-state index in [9.17, 15) is 9.18 Å². The lowest BCUT2D eigenvalue weighted by Crippen LogP contribution is -2.31. The molecule has 2 aromatic rings. The summed E-state index contributed by atoms with van der Waals surface area (Å²) in [6, 6.07) is 8.09. The molecule has 106 valence electrons. The van der Waals surface area contributed by atoms with E-state index in [1.165, 1.54) is 18.2 Å². The minimum absolute atomic E-state index is 0.0454.